The van der Waals surface area contributed by atoms with Crippen LogP contribution in [0.1, 0.15) is 47.9 Å². The van der Waals surface area contributed by atoms with Crippen molar-refractivity contribution in [3.8, 4) is 5.75 Å². The molecule has 2 amide bonds. The number of amides is 2. The van der Waals surface area contributed by atoms with Gasteiger partial charge in [-0.1, -0.05) is 78.5 Å². The van der Waals surface area contributed by atoms with Gasteiger partial charge in [-0.05, 0) is 73.2 Å². The number of benzene rings is 3. The molecule has 0 radical (unpaired) electrons. The quantitative estimate of drug-likeness (QED) is 0.305. The van der Waals surface area contributed by atoms with Gasteiger partial charge in [0.05, 0.1) is 0 Å². The van der Waals surface area contributed by atoms with Crippen molar-refractivity contribution in [3.63, 3.8) is 0 Å². The molecule has 1 saturated carbocycles. The maximum atomic E-state index is 13.8. The molecule has 0 bridgehead atoms. The van der Waals surface area contributed by atoms with Crippen LogP contribution in [0.5, 0.6) is 5.75 Å². The summed E-state index contributed by atoms with van der Waals surface area (Å²) in [6.07, 6.45) is 4.53. The largest absolute Gasteiger partial charge is 0.484 e. The minimum absolute atomic E-state index is 0.139. The number of nitrogens with one attached hydrogen (secondary N) is 1. The Hall–Kier alpha value is -3.02. The highest BCUT2D eigenvalue weighted by atomic mass is 35.5. The molecule has 0 saturated heterocycles. The van der Waals surface area contributed by atoms with Gasteiger partial charge in [0, 0.05) is 29.1 Å². The molecule has 3 aromatic rings. The van der Waals surface area contributed by atoms with Crippen LogP contribution >= 0.6 is 23.2 Å². The number of carbonyl (C=O) groups is 2. The second kappa shape index (κ2) is 13.2. The van der Waals surface area contributed by atoms with E-state index in [4.69, 9.17) is 27.9 Å². The summed E-state index contributed by atoms with van der Waals surface area (Å²) in [6, 6.07) is 20.2. The molecule has 1 aliphatic rings. The van der Waals surface area contributed by atoms with Crippen LogP contribution in [0.25, 0.3) is 0 Å². The van der Waals surface area contributed by atoms with Crippen molar-refractivity contribution >= 4 is 35.0 Å². The molecule has 0 heterocycles. The van der Waals surface area contributed by atoms with E-state index in [2.05, 4.69) is 5.32 Å². The predicted molar refractivity (Wildman–Crippen MR) is 153 cm³/mol. The Morgan fingerprint density at radius 3 is 2.26 bits per heavy atom. The molecule has 0 unspecified atom stereocenters. The van der Waals surface area contributed by atoms with Gasteiger partial charge in [-0.25, -0.2) is 0 Å². The van der Waals surface area contributed by atoms with Crippen molar-refractivity contribution < 1.29 is 14.3 Å². The lowest BCUT2D eigenvalue weighted by Gasteiger charge is -2.32. The van der Waals surface area contributed by atoms with Crippen LogP contribution in [-0.2, 0) is 22.6 Å². The second-order valence-electron chi connectivity index (χ2n) is 10.0. The number of ether oxygens (including phenoxy) is 1. The van der Waals surface area contributed by atoms with Gasteiger partial charge in [0.25, 0.3) is 5.91 Å². The molecule has 200 valence electrons. The number of rotatable bonds is 10. The molecule has 0 spiro atoms. The van der Waals surface area contributed by atoms with E-state index in [0.717, 1.165) is 47.9 Å². The third-order valence-electron chi connectivity index (χ3n) is 6.99. The van der Waals surface area contributed by atoms with Gasteiger partial charge in [0.15, 0.2) is 6.61 Å². The maximum Gasteiger partial charge on any atom is 0.261 e. The zero-order chi connectivity index (χ0) is 27.1. The molecule has 4 rings (SSSR count). The molecule has 0 aromatic heterocycles. The Balaban J connectivity index is 1.62. The van der Waals surface area contributed by atoms with E-state index in [1.165, 1.54) is 0 Å². The number of carbonyl (C=O) groups excluding carboxylic acids is 2. The smallest absolute Gasteiger partial charge is 0.261 e. The molecule has 7 heteroatoms. The van der Waals surface area contributed by atoms with Crippen LogP contribution in [0.4, 0.5) is 0 Å². The minimum Gasteiger partial charge on any atom is -0.484 e. The summed E-state index contributed by atoms with van der Waals surface area (Å²) >= 11 is 12.6. The normalized spacial score (nSPS) is 14.2. The lowest BCUT2D eigenvalue weighted by Crippen LogP contribution is -2.53. The number of hydrogen-bond donors (Lipinski definition) is 1. The van der Waals surface area contributed by atoms with E-state index in [-0.39, 0.29) is 31.0 Å². The van der Waals surface area contributed by atoms with Crippen LogP contribution in [0, 0.1) is 13.8 Å². The van der Waals surface area contributed by atoms with E-state index in [9.17, 15) is 9.59 Å². The first kappa shape index (κ1) is 28.0. The fraction of sp³-hybridized carbons (Fsp3) is 0.355. The number of aryl methyl sites for hydroxylation is 2. The fourth-order valence-corrected chi connectivity index (χ4v) is 5.29. The van der Waals surface area contributed by atoms with Crippen molar-refractivity contribution in [2.75, 3.05) is 6.61 Å². The third-order valence-corrected chi connectivity index (χ3v) is 7.82. The highest BCUT2D eigenvalue weighted by molar-refractivity contribution is 6.32. The van der Waals surface area contributed by atoms with E-state index >= 15 is 0 Å². The molecular formula is C31H34Cl2N2O3. The Morgan fingerprint density at radius 2 is 1.61 bits per heavy atom. The van der Waals surface area contributed by atoms with Gasteiger partial charge < -0.3 is 15.0 Å². The van der Waals surface area contributed by atoms with Gasteiger partial charge >= 0.3 is 0 Å². The zero-order valence-electron chi connectivity index (χ0n) is 21.9. The average molecular weight is 554 g/mol. The number of hydrogen-bond acceptors (Lipinski definition) is 3. The van der Waals surface area contributed by atoms with Crippen LogP contribution < -0.4 is 10.1 Å². The second-order valence-corrected chi connectivity index (χ2v) is 10.8. The fourth-order valence-electron chi connectivity index (χ4n) is 4.97. The van der Waals surface area contributed by atoms with Crippen molar-refractivity contribution in [3.05, 3.63) is 99.0 Å². The van der Waals surface area contributed by atoms with E-state index in [1.807, 2.05) is 74.5 Å². The molecular weight excluding hydrogens is 519 g/mol. The van der Waals surface area contributed by atoms with Crippen molar-refractivity contribution in [1.29, 1.82) is 0 Å². The average Bonchev–Trinajstić information content (AvgIpc) is 3.41. The summed E-state index contributed by atoms with van der Waals surface area (Å²) in [7, 11) is 0. The zero-order valence-corrected chi connectivity index (χ0v) is 23.4. The van der Waals surface area contributed by atoms with Crippen LogP contribution in [0.3, 0.4) is 0 Å². The molecule has 38 heavy (non-hydrogen) atoms. The molecule has 1 N–H and O–H groups in total. The Bertz CT molecular complexity index is 1240. The van der Waals surface area contributed by atoms with Crippen molar-refractivity contribution in [2.45, 2.75) is 64.6 Å². The van der Waals surface area contributed by atoms with Crippen LogP contribution in [-0.4, -0.2) is 35.4 Å². The molecule has 1 fully saturated rings. The Morgan fingerprint density at radius 1 is 0.947 bits per heavy atom. The van der Waals surface area contributed by atoms with Gasteiger partial charge in [0.2, 0.25) is 5.91 Å². The topological polar surface area (TPSA) is 58.6 Å². The maximum absolute atomic E-state index is 13.8. The summed E-state index contributed by atoms with van der Waals surface area (Å²) in [5, 5.41) is 4.47. The van der Waals surface area contributed by atoms with Gasteiger partial charge in [-0.15, -0.1) is 0 Å². The standard InChI is InChI=1S/C31H34Cl2N2O3/c1-21-15-27(16-22(2)30(21)33)38-20-29(36)35(19-24-11-8-12-25(32)17-24)28(18-23-9-4-3-5-10-23)31(37)34-26-13-6-7-14-26/h3-5,8-12,15-17,26,28H,6-7,13-14,18-20H2,1-2H3,(H,34,37)/t28-/m1/s1. The lowest BCUT2D eigenvalue weighted by atomic mass is 10.0. The molecule has 1 aliphatic carbocycles. The minimum atomic E-state index is -0.707. The lowest BCUT2D eigenvalue weighted by molar-refractivity contribution is -0.143. The number of nitrogens with zero attached hydrogens (tertiary/aromatic N) is 1. The van der Waals surface area contributed by atoms with Crippen molar-refractivity contribution in [2.24, 2.45) is 0 Å². The van der Waals surface area contributed by atoms with Crippen LogP contribution in [0.15, 0.2) is 66.7 Å². The predicted octanol–water partition coefficient (Wildman–Crippen LogP) is 6.69. The van der Waals surface area contributed by atoms with Gasteiger partial charge in [-0.2, -0.15) is 0 Å². The number of halogens is 2. The molecule has 5 nitrogen and oxygen atoms in total. The highest BCUT2D eigenvalue weighted by Gasteiger charge is 2.32. The van der Waals surface area contributed by atoms with E-state index in [0.29, 0.717) is 22.2 Å². The monoisotopic (exact) mass is 552 g/mol. The molecule has 0 aliphatic heterocycles. The SMILES string of the molecule is Cc1cc(OCC(=O)N(Cc2cccc(Cl)c2)[C@H](Cc2ccccc2)C(=O)NC2CCCC2)cc(C)c1Cl. The molecule has 1 atom stereocenters. The van der Waals surface area contributed by atoms with E-state index < -0.39 is 6.04 Å². The first-order chi connectivity index (χ1) is 18.3. The van der Waals surface area contributed by atoms with Crippen molar-refractivity contribution in [1.82, 2.24) is 10.2 Å². The van der Waals surface area contributed by atoms with Gasteiger partial charge in [-0.3, -0.25) is 9.59 Å². The Kier molecular flexibility index (Phi) is 9.70. The first-order valence-electron chi connectivity index (χ1n) is 13.1. The van der Waals surface area contributed by atoms with Gasteiger partial charge in [0.1, 0.15) is 11.8 Å². The summed E-state index contributed by atoms with van der Waals surface area (Å²) in [5.74, 6) is 0.141. The third kappa shape index (κ3) is 7.52. The summed E-state index contributed by atoms with van der Waals surface area (Å²) in [6.45, 7) is 3.83. The molecule has 3 aromatic carbocycles. The van der Waals surface area contributed by atoms with E-state index in [1.54, 1.807) is 11.0 Å². The van der Waals surface area contributed by atoms with Crippen LogP contribution in [0.2, 0.25) is 10.0 Å². The Labute approximate surface area is 235 Å². The summed E-state index contributed by atoms with van der Waals surface area (Å²) in [4.78, 5) is 29.1. The summed E-state index contributed by atoms with van der Waals surface area (Å²) < 4.78 is 5.93. The highest BCUT2D eigenvalue weighted by Crippen LogP contribution is 2.26. The summed E-state index contributed by atoms with van der Waals surface area (Å²) in [5.41, 5.74) is 3.58. The first-order valence-corrected chi connectivity index (χ1v) is 13.8.